The molecule has 1 aromatic heterocycles. The number of non-ortho nitro benzene ring substituents is 1. The largest absolute Gasteiger partial charge is 0.491 e. The number of anilines is 1. The van der Waals surface area contributed by atoms with Crippen LogP contribution in [0.4, 0.5) is 21.5 Å². The van der Waals surface area contributed by atoms with Crippen LogP contribution in [0.3, 0.4) is 0 Å². The predicted octanol–water partition coefficient (Wildman–Crippen LogP) is 2.46. The molecular formula is C12H14N6O4S. The van der Waals surface area contributed by atoms with Crippen LogP contribution in [0.2, 0.25) is 0 Å². The Hall–Kier alpha value is -3.08. The normalized spacial score (nSPS) is 10.0. The van der Waals surface area contributed by atoms with E-state index in [9.17, 15) is 20.0 Å². The second kappa shape index (κ2) is 8.38. The van der Waals surface area contributed by atoms with E-state index in [0.29, 0.717) is 5.69 Å². The minimum atomic E-state index is -0.503. The van der Waals surface area contributed by atoms with Gasteiger partial charge in [-0.05, 0) is 12.1 Å². The number of rotatable bonds is 4. The number of carbonyl (C=O) groups excluding carboxylic acids is 1. The number of nitro groups is 1. The van der Waals surface area contributed by atoms with Crippen LogP contribution in [-0.2, 0) is 4.79 Å². The lowest BCUT2D eigenvalue weighted by Crippen LogP contribution is -2.06. The van der Waals surface area contributed by atoms with Crippen molar-refractivity contribution >= 4 is 39.3 Å². The number of thiazole rings is 1. The van der Waals surface area contributed by atoms with Crippen molar-refractivity contribution in [3.8, 4) is 5.88 Å². The quantitative estimate of drug-likeness (QED) is 0.378. The molecular weight excluding hydrogens is 324 g/mol. The average molecular weight is 338 g/mol. The second-order valence-electron chi connectivity index (χ2n) is 4.22. The third-order valence-corrected chi connectivity index (χ3v) is 2.89. The highest BCUT2D eigenvalue weighted by atomic mass is 32.1. The molecule has 11 heteroatoms. The van der Waals surface area contributed by atoms with E-state index in [0.717, 1.165) is 17.7 Å². The number of nitrogen functional groups attached to an aromatic ring is 1. The van der Waals surface area contributed by atoms with Gasteiger partial charge in [-0.3, -0.25) is 14.9 Å². The van der Waals surface area contributed by atoms with Gasteiger partial charge in [-0.15, -0.1) is 10.2 Å². The molecule has 0 saturated heterocycles. The molecule has 0 bridgehead atoms. The zero-order chi connectivity index (χ0) is 17.4. The van der Waals surface area contributed by atoms with Gasteiger partial charge in [0.25, 0.3) is 11.6 Å². The van der Waals surface area contributed by atoms with Gasteiger partial charge >= 0.3 is 0 Å². The van der Waals surface area contributed by atoms with Crippen LogP contribution in [0.15, 0.2) is 34.5 Å². The standard InChI is InChI=1S/C9H7N5O3S.C3H7NO/c10-9-11-7(15)8(18-9)13-12-5-1-3-6(4-2-5)14(16)17;1-4(2)3-5/h1-4,15H,(H2,10,11);3H,1-2H3. The van der Waals surface area contributed by atoms with Crippen LogP contribution < -0.4 is 5.73 Å². The first-order valence-electron chi connectivity index (χ1n) is 6.06. The first-order chi connectivity index (χ1) is 10.8. The fraction of sp³-hybridized carbons (Fsp3) is 0.167. The summed E-state index contributed by atoms with van der Waals surface area (Å²) < 4.78 is 0. The second-order valence-corrected chi connectivity index (χ2v) is 5.23. The number of amides is 1. The van der Waals surface area contributed by atoms with Gasteiger partial charge in [-0.2, -0.15) is 4.98 Å². The van der Waals surface area contributed by atoms with Gasteiger partial charge in [0, 0.05) is 26.2 Å². The number of benzene rings is 1. The number of carbonyl (C=O) groups is 1. The minimum Gasteiger partial charge on any atom is -0.491 e. The minimum absolute atomic E-state index is 0.0289. The van der Waals surface area contributed by atoms with Gasteiger partial charge in [-0.25, -0.2) is 0 Å². The van der Waals surface area contributed by atoms with Crippen molar-refractivity contribution in [2.45, 2.75) is 0 Å². The Morgan fingerprint density at radius 1 is 1.35 bits per heavy atom. The Bertz CT molecular complexity index is 698. The van der Waals surface area contributed by atoms with Gasteiger partial charge in [0.1, 0.15) is 0 Å². The van der Waals surface area contributed by atoms with Crippen LogP contribution in [0.5, 0.6) is 5.88 Å². The summed E-state index contributed by atoms with van der Waals surface area (Å²) >= 11 is 0.990. The number of nitrogens with zero attached hydrogens (tertiary/aromatic N) is 5. The Balaban J connectivity index is 0.000000463. The molecule has 1 aromatic carbocycles. The molecule has 10 nitrogen and oxygen atoms in total. The highest BCUT2D eigenvalue weighted by Gasteiger charge is 2.07. The van der Waals surface area contributed by atoms with E-state index >= 15 is 0 Å². The summed E-state index contributed by atoms with van der Waals surface area (Å²) in [7, 11) is 3.38. The molecule has 0 spiro atoms. The molecule has 0 radical (unpaired) electrons. The van der Waals surface area contributed by atoms with Crippen LogP contribution in [0.25, 0.3) is 0 Å². The van der Waals surface area contributed by atoms with Crippen LogP contribution >= 0.6 is 11.3 Å². The van der Waals surface area contributed by atoms with Gasteiger partial charge < -0.3 is 15.7 Å². The van der Waals surface area contributed by atoms with E-state index in [4.69, 9.17) is 5.73 Å². The molecule has 2 aromatic rings. The summed E-state index contributed by atoms with van der Waals surface area (Å²) in [6, 6.07) is 5.52. The molecule has 0 aliphatic carbocycles. The number of nitrogens with two attached hydrogens (primary N) is 1. The molecule has 0 fully saturated rings. The molecule has 2 rings (SSSR count). The molecule has 3 N–H and O–H groups in total. The lowest BCUT2D eigenvalue weighted by molar-refractivity contribution is -0.384. The van der Waals surface area contributed by atoms with Crippen molar-refractivity contribution in [1.82, 2.24) is 9.88 Å². The van der Waals surface area contributed by atoms with Crippen molar-refractivity contribution in [3.05, 3.63) is 34.4 Å². The predicted molar refractivity (Wildman–Crippen MR) is 85.2 cm³/mol. The average Bonchev–Trinajstić information content (AvgIpc) is 2.84. The van der Waals surface area contributed by atoms with Crippen molar-refractivity contribution < 1.29 is 14.8 Å². The van der Waals surface area contributed by atoms with Crippen molar-refractivity contribution in [2.75, 3.05) is 19.8 Å². The first kappa shape index (κ1) is 18.0. The zero-order valence-corrected chi connectivity index (χ0v) is 13.1. The highest BCUT2D eigenvalue weighted by Crippen LogP contribution is 2.35. The monoisotopic (exact) mass is 338 g/mol. The fourth-order valence-electron chi connectivity index (χ4n) is 1.13. The van der Waals surface area contributed by atoms with Crippen molar-refractivity contribution in [1.29, 1.82) is 0 Å². The van der Waals surface area contributed by atoms with E-state index in [1.807, 2.05) is 0 Å². The summed E-state index contributed by atoms with van der Waals surface area (Å²) in [6.45, 7) is 0. The molecule has 0 saturated carbocycles. The molecule has 0 atom stereocenters. The number of aromatic hydroxyl groups is 1. The lowest BCUT2D eigenvalue weighted by Gasteiger charge is -1.93. The summed E-state index contributed by atoms with van der Waals surface area (Å²) in [4.78, 5) is 24.4. The van der Waals surface area contributed by atoms with Crippen molar-refractivity contribution in [3.63, 3.8) is 0 Å². The van der Waals surface area contributed by atoms with Crippen LogP contribution in [0, 0.1) is 10.1 Å². The zero-order valence-electron chi connectivity index (χ0n) is 12.3. The van der Waals surface area contributed by atoms with E-state index in [1.54, 1.807) is 14.1 Å². The van der Waals surface area contributed by atoms with E-state index in [2.05, 4.69) is 15.2 Å². The summed E-state index contributed by atoms with van der Waals surface area (Å²) in [5.41, 5.74) is 5.77. The van der Waals surface area contributed by atoms with Gasteiger partial charge in [0.15, 0.2) is 5.13 Å². The summed E-state index contributed by atoms with van der Waals surface area (Å²) in [6.07, 6.45) is 0.750. The Morgan fingerprint density at radius 3 is 2.30 bits per heavy atom. The number of hydrogen-bond donors (Lipinski definition) is 2. The van der Waals surface area contributed by atoms with E-state index in [1.165, 1.54) is 29.2 Å². The maximum Gasteiger partial charge on any atom is 0.269 e. The number of azo groups is 1. The molecule has 23 heavy (non-hydrogen) atoms. The third-order valence-electron chi connectivity index (χ3n) is 2.14. The Morgan fingerprint density at radius 2 is 1.91 bits per heavy atom. The SMILES string of the molecule is CN(C)C=O.Nc1nc(O)c(N=Nc2ccc([N+](=O)[O-])cc2)s1. The molecule has 0 aliphatic heterocycles. The maximum absolute atomic E-state index is 10.4. The topological polar surface area (TPSA) is 147 Å². The van der Waals surface area contributed by atoms with Crippen LogP contribution in [0.1, 0.15) is 0 Å². The molecule has 0 unspecified atom stereocenters. The molecule has 0 aliphatic rings. The first-order valence-corrected chi connectivity index (χ1v) is 6.88. The van der Waals surface area contributed by atoms with Gasteiger partial charge in [-0.1, -0.05) is 11.3 Å². The lowest BCUT2D eigenvalue weighted by atomic mass is 10.3. The Kier molecular flexibility index (Phi) is 6.55. The van der Waals surface area contributed by atoms with Crippen LogP contribution in [-0.4, -0.2) is 40.4 Å². The van der Waals surface area contributed by atoms with Gasteiger partial charge in [0.2, 0.25) is 11.4 Å². The van der Waals surface area contributed by atoms with Crippen molar-refractivity contribution in [2.24, 2.45) is 10.2 Å². The molecule has 122 valence electrons. The summed E-state index contributed by atoms with van der Waals surface area (Å²) in [5.74, 6) is -0.289. The molecule has 1 heterocycles. The number of aromatic nitrogens is 1. The number of nitro benzene ring substituents is 1. The molecule has 1 amide bonds. The van der Waals surface area contributed by atoms with Gasteiger partial charge in [0.05, 0.1) is 10.6 Å². The van der Waals surface area contributed by atoms with E-state index in [-0.39, 0.29) is 21.7 Å². The highest BCUT2D eigenvalue weighted by molar-refractivity contribution is 7.19. The smallest absolute Gasteiger partial charge is 0.269 e. The number of hydrogen-bond acceptors (Lipinski definition) is 9. The Labute approximate surface area is 135 Å². The maximum atomic E-state index is 10.4. The van der Waals surface area contributed by atoms with E-state index < -0.39 is 4.92 Å². The third kappa shape index (κ3) is 6.05. The summed E-state index contributed by atoms with van der Waals surface area (Å²) in [5, 5.41) is 27.7. The fourth-order valence-corrected chi connectivity index (χ4v) is 1.68.